The molecule has 0 spiro atoms. The summed E-state index contributed by atoms with van der Waals surface area (Å²) in [6.07, 6.45) is 1.95. The van der Waals surface area contributed by atoms with Gasteiger partial charge in [0.2, 0.25) is 0 Å². The number of rotatable bonds is 0. The quantitative estimate of drug-likeness (QED) is 0.655. The van der Waals surface area contributed by atoms with Crippen LogP contribution in [0.25, 0.3) is 10.9 Å². The van der Waals surface area contributed by atoms with Gasteiger partial charge < -0.3 is 4.98 Å². The predicted octanol–water partition coefficient (Wildman–Crippen LogP) is 2.17. The molecule has 0 aliphatic carbocycles. The monoisotopic (exact) mass is 220 g/mol. The third-order valence-electron chi connectivity index (χ3n) is 1.46. The molecule has 1 N–H and O–H groups in total. The van der Waals surface area contributed by atoms with Crippen LogP contribution in [0.3, 0.4) is 0 Å². The number of aromatic nitrogens is 1. The average Bonchev–Trinajstić information content (AvgIpc) is 2.33. The fraction of sp³-hybridized carbons (Fsp3) is 0. The maximum Gasteiger partial charge on any atom is 0.0453 e. The zero-order valence-corrected chi connectivity index (χ0v) is 6.94. The zero-order chi connectivity index (χ0) is 6.10. The Balaban J connectivity index is 0.000000500. The molecular formula is C8H7NRh. The summed E-state index contributed by atoms with van der Waals surface area (Å²) in [4.78, 5) is 3.12. The van der Waals surface area contributed by atoms with E-state index in [2.05, 4.69) is 23.2 Å². The smallest absolute Gasteiger partial charge is 0.0453 e. The SMILES string of the molecule is [Rh].c1ccc2[nH]ccc2c1. The average molecular weight is 220 g/mol. The van der Waals surface area contributed by atoms with Crippen LogP contribution in [-0.2, 0) is 19.5 Å². The summed E-state index contributed by atoms with van der Waals surface area (Å²) in [6, 6.07) is 10.3. The topological polar surface area (TPSA) is 15.8 Å². The van der Waals surface area contributed by atoms with Crippen molar-refractivity contribution in [3.8, 4) is 0 Å². The van der Waals surface area contributed by atoms with Gasteiger partial charge in [0, 0.05) is 31.2 Å². The van der Waals surface area contributed by atoms with Crippen LogP contribution < -0.4 is 0 Å². The Morgan fingerprint density at radius 3 is 2.60 bits per heavy atom. The normalized spacial score (nSPS) is 9.20. The Morgan fingerprint density at radius 2 is 1.80 bits per heavy atom. The molecule has 10 heavy (non-hydrogen) atoms. The molecule has 1 aromatic carbocycles. The molecule has 0 unspecified atom stereocenters. The molecule has 0 aliphatic rings. The Bertz CT molecular complexity index is 283. The van der Waals surface area contributed by atoms with Crippen LogP contribution in [-0.4, -0.2) is 4.98 Å². The number of para-hydroxylation sites is 1. The first kappa shape index (κ1) is 7.49. The first-order valence-electron chi connectivity index (χ1n) is 2.99. The fourth-order valence-electron chi connectivity index (χ4n) is 0.995. The molecule has 53 valence electrons. The molecule has 2 aromatic rings. The minimum Gasteiger partial charge on any atom is -0.361 e. The van der Waals surface area contributed by atoms with E-state index >= 15 is 0 Å². The van der Waals surface area contributed by atoms with Gasteiger partial charge in [-0.25, -0.2) is 0 Å². The maximum atomic E-state index is 3.12. The van der Waals surface area contributed by atoms with E-state index < -0.39 is 0 Å². The van der Waals surface area contributed by atoms with Gasteiger partial charge in [0.05, 0.1) is 0 Å². The first-order chi connectivity index (χ1) is 4.47. The van der Waals surface area contributed by atoms with E-state index in [-0.39, 0.29) is 19.5 Å². The van der Waals surface area contributed by atoms with Crippen molar-refractivity contribution in [1.29, 1.82) is 0 Å². The second-order valence-corrected chi connectivity index (χ2v) is 2.06. The van der Waals surface area contributed by atoms with E-state index in [0.29, 0.717) is 0 Å². The molecule has 0 saturated carbocycles. The molecule has 1 aromatic heterocycles. The molecule has 0 fully saturated rings. The molecule has 0 amide bonds. The van der Waals surface area contributed by atoms with E-state index in [0.717, 1.165) is 0 Å². The molecule has 1 heterocycles. The van der Waals surface area contributed by atoms with Gasteiger partial charge in [0.1, 0.15) is 0 Å². The molecule has 2 rings (SSSR count). The van der Waals surface area contributed by atoms with Gasteiger partial charge >= 0.3 is 0 Å². The summed E-state index contributed by atoms with van der Waals surface area (Å²) in [6.45, 7) is 0. The summed E-state index contributed by atoms with van der Waals surface area (Å²) in [5.74, 6) is 0. The van der Waals surface area contributed by atoms with Crippen molar-refractivity contribution in [2.45, 2.75) is 0 Å². The van der Waals surface area contributed by atoms with E-state index in [1.54, 1.807) is 0 Å². The Kier molecular flexibility index (Phi) is 2.23. The van der Waals surface area contributed by atoms with E-state index in [1.807, 2.05) is 18.3 Å². The van der Waals surface area contributed by atoms with Gasteiger partial charge in [-0.3, -0.25) is 0 Å². The molecule has 0 aliphatic heterocycles. The summed E-state index contributed by atoms with van der Waals surface area (Å²) in [7, 11) is 0. The van der Waals surface area contributed by atoms with Crippen molar-refractivity contribution in [2.24, 2.45) is 0 Å². The summed E-state index contributed by atoms with van der Waals surface area (Å²) in [5, 5.41) is 1.28. The Labute approximate surface area is 72.2 Å². The number of hydrogen-bond acceptors (Lipinski definition) is 0. The van der Waals surface area contributed by atoms with Crippen LogP contribution in [0.2, 0.25) is 0 Å². The number of hydrogen-bond donors (Lipinski definition) is 1. The Hall–Kier alpha value is -0.617. The molecule has 0 atom stereocenters. The van der Waals surface area contributed by atoms with Crippen molar-refractivity contribution >= 4 is 10.9 Å². The van der Waals surface area contributed by atoms with Crippen molar-refractivity contribution in [3.05, 3.63) is 36.5 Å². The summed E-state index contributed by atoms with van der Waals surface area (Å²) >= 11 is 0. The van der Waals surface area contributed by atoms with Crippen molar-refractivity contribution in [1.82, 2.24) is 4.98 Å². The molecular weight excluding hydrogens is 213 g/mol. The number of aromatic amines is 1. The maximum absolute atomic E-state index is 3.12. The number of nitrogens with one attached hydrogen (secondary N) is 1. The molecule has 0 bridgehead atoms. The van der Waals surface area contributed by atoms with Crippen LogP contribution in [0, 0.1) is 0 Å². The second kappa shape index (κ2) is 2.98. The first-order valence-corrected chi connectivity index (χ1v) is 2.99. The minimum atomic E-state index is 0. The predicted molar refractivity (Wildman–Crippen MR) is 38.3 cm³/mol. The van der Waals surface area contributed by atoms with Crippen LogP contribution in [0.1, 0.15) is 0 Å². The number of fused-ring (bicyclic) bond motifs is 1. The van der Waals surface area contributed by atoms with Gasteiger partial charge in [-0.15, -0.1) is 0 Å². The van der Waals surface area contributed by atoms with E-state index in [9.17, 15) is 0 Å². The second-order valence-electron chi connectivity index (χ2n) is 2.06. The summed E-state index contributed by atoms with van der Waals surface area (Å²) < 4.78 is 0. The van der Waals surface area contributed by atoms with Gasteiger partial charge in [0.15, 0.2) is 0 Å². The van der Waals surface area contributed by atoms with E-state index in [4.69, 9.17) is 0 Å². The molecule has 2 heteroatoms. The molecule has 1 radical (unpaired) electrons. The van der Waals surface area contributed by atoms with Crippen LogP contribution >= 0.6 is 0 Å². The van der Waals surface area contributed by atoms with Gasteiger partial charge in [-0.1, -0.05) is 18.2 Å². The van der Waals surface area contributed by atoms with E-state index in [1.165, 1.54) is 10.9 Å². The molecule has 0 saturated heterocycles. The van der Waals surface area contributed by atoms with Gasteiger partial charge in [0.25, 0.3) is 0 Å². The third kappa shape index (κ3) is 1.12. The molecule has 1 nitrogen and oxygen atoms in total. The summed E-state index contributed by atoms with van der Waals surface area (Å²) in [5.41, 5.74) is 1.21. The number of benzene rings is 1. The largest absolute Gasteiger partial charge is 0.361 e. The number of H-pyrrole nitrogens is 1. The van der Waals surface area contributed by atoms with Crippen molar-refractivity contribution in [3.63, 3.8) is 0 Å². The van der Waals surface area contributed by atoms with Gasteiger partial charge in [-0.05, 0) is 17.5 Å². The Morgan fingerprint density at radius 1 is 1.00 bits per heavy atom. The fourth-order valence-corrected chi connectivity index (χ4v) is 0.995. The van der Waals surface area contributed by atoms with Gasteiger partial charge in [-0.2, -0.15) is 0 Å². The van der Waals surface area contributed by atoms with Crippen LogP contribution in [0.15, 0.2) is 36.5 Å². The zero-order valence-electron chi connectivity index (χ0n) is 5.30. The standard InChI is InChI=1S/C8H7N.Rh/c1-2-4-8-7(3-1)5-6-9-8;/h1-6,9H;. The van der Waals surface area contributed by atoms with Crippen LogP contribution in [0.4, 0.5) is 0 Å². The van der Waals surface area contributed by atoms with Crippen molar-refractivity contribution in [2.75, 3.05) is 0 Å². The minimum absolute atomic E-state index is 0. The third-order valence-corrected chi connectivity index (χ3v) is 1.46. The van der Waals surface area contributed by atoms with Crippen LogP contribution in [0.5, 0.6) is 0 Å². The van der Waals surface area contributed by atoms with Crippen molar-refractivity contribution < 1.29 is 19.5 Å².